The Bertz CT molecular complexity index is 626. The standard InChI is InChI=1S/C25H37NO2.C2H6/c1-3-7-24(27)22-14-16-23(17-15-22)26(2)25(28)18-19-10-12-21(13-11-19)20-8-5-4-6-9-20;1-2/h4-6,8-9,19,21-23H,3,7,10-18H2,1-2H3;1-2H3. The third-order valence-electron chi connectivity index (χ3n) is 7.17. The van der Waals surface area contributed by atoms with Crippen molar-refractivity contribution in [3.8, 4) is 0 Å². The van der Waals surface area contributed by atoms with Crippen molar-refractivity contribution in [1.29, 1.82) is 0 Å². The lowest BCUT2D eigenvalue weighted by molar-refractivity contribution is -0.134. The zero-order valence-corrected chi connectivity index (χ0v) is 19.7. The zero-order chi connectivity index (χ0) is 21.9. The van der Waals surface area contributed by atoms with Crippen molar-refractivity contribution < 1.29 is 9.59 Å². The van der Waals surface area contributed by atoms with E-state index >= 15 is 0 Å². The first-order valence-corrected chi connectivity index (χ1v) is 12.4. The number of rotatable bonds is 7. The van der Waals surface area contributed by atoms with Gasteiger partial charge in [0.05, 0.1) is 0 Å². The lowest BCUT2D eigenvalue weighted by Crippen LogP contribution is -2.41. The smallest absolute Gasteiger partial charge is 0.222 e. The van der Waals surface area contributed by atoms with Crippen molar-refractivity contribution >= 4 is 11.7 Å². The van der Waals surface area contributed by atoms with E-state index in [1.54, 1.807) is 0 Å². The second-order valence-electron chi connectivity index (χ2n) is 9.06. The number of hydrogen-bond donors (Lipinski definition) is 0. The fraction of sp³-hybridized carbons (Fsp3) is 0.704. The van der Waals surface area contributed by atoms with Crippen LogP contribution in [0.5, 0.6) is 0 Å². The Morgan fingerprint density at radius 2 is 1.50 bits per heavy atom. The van der Waals surface area contributed by atoms with Crippen LogP contribution in [0.1, 0.15) is 103 Å². The summed E-state index contributed by atoms with van der Waals surface area (Å²) in [6.45, 7) is 6.07. The summed E-state index contributed by atoms with van der Waals surface area (Å²) in [7, 11) is 1.98. The summed E-state index contributed by atoms with van der Waals surface area (Å²) in [4.78, 5) is 27.0. The molecule has 0 heterocycles. The van der Waals surface area contributed by atoms with E-state index in [0.717, 1.165) is 51.4 Å². The highest BCUT2D eigenvalue weighted by molar-refractivity contribution is 5.81. The Hall–Kier alpha value is -1.64. The van der Waals surface area contributed by atoms with Crippen molar-refractivity contribution in [2.75, 3.05) is 7.05 Å². The second-order valence-corrected chi connectivity index (χ2v) is 9.06. The molecule has 0 aromatic heterocycles. The van der Waals surface area contributed by atoms with Gasteiger partial charge in [-0.15, -0.1) is 0 Å². The lowest BCUT2D eigenvalue weighted by Gasteiger charge is -2.36. The molecule has 0 spiro atoms. The molecule has 2 aliphatic rings. The van der Waals surface area contributed by atoms with Gasteiger partial charge in [-0.3, -0.25) is 9.59 Å². The molecule has 0 radical (unpaired) electrons. The highest BCUT2D eigenvalue weighted by Crippen LogP contribution is 2.37. The summed E-state index contributed by atoms with van der Waals surface area (Å²) in [5.74, 6) is 2.20. The number of carbonyl (C=O) groups excluding carboxylic acids is 2. The van der Waals surface area contributed by atoms with Crippen LogP contribution in [0.2, 0.25) is 0 Å². The summed E-state index contributed by atoms with van der Waals surface area (Å²) in [5, 5.41) is 0. The van der Waals surface area contributed by atoms with Crippen molar-refractivity contribution in [2.45, 2.75) is 103 Å². The number of hydrogen-bond acceptors (Lipinski definition) is 2. The maximum absolute atomic E-state index is 12.8. The van der Waals surface area contributed by atoms with Crippen LogP contribution in [0.3, 0.4) is 0 Å². The molecule has 0 bridgehead atoms. The minimum Gasteiger partial charge on any atom is -0.343 e. The van der Waals surface area contributed by atoms with E-state index in [9.17, 15) is 9.59 Å². The third kappa shape index (κ3) is 6.96. The Labute approximate surface area is 184 Å². The number of benzene rings is 1. The first kappa shape index (κ1) is 24.6. The highest BCUT2D eigenvalue weighted by Gasteiger charge is 2.31. The van der Waals surface area contributed by atoms with Gasteiger partial charge in [0.2, 0.25) is 5.91 Å². The maximum Gasteiger partial charge on any atom is 0.222 e. The molecule has 0 unspecified atom stereocenters. The lowest BCUT2D eigenvalue weighted by atomic mass is 9.77. The van der Waals surface area contributed by atoms with Crippen LogP contribution in [-0.4, -0.2) is 29.7 Å². The molecule has 3 heteroatoms. The summed E-state index contributed by atoms with van der Waals surface area (Å²) < 4.78 is 0. The van der Waals surface area contributed by atoms with Gasteiger partial charge in [0.1, 0.15) is 5.78 Å². The Balaban J connectivity index is 0.00000155. The van der Waals surface area contributed by atoms with E-state index in [2.05, 4.69) is 37.3 Å². The molecule has 30 heavy (non-hydrogen) atoms. The van der Waals surface area contributed by atoms with Gasteiger partial charge in [-0.1, -0.05) is 51.1 Å². The molecule has 1 aromatic rings. The monoisotopic (exact) mass is 413 g/mol. The molecule has 2 aliphatic carbocycles. The summed E-state index contributed by atoms with van der Waals surface area (Å²) >= 11 is 0. The molecule has 2 saturated carbocycles. The fourth-order valence-electron chi connectivity index (χ4n) is 5.26. The molecular weight excluding hydrogens is 370 g/mol. The molecule has 2 fully saturated rings. The highest BCUT2D eigenvalue weighted by atomic mass is 16.2. The third-order valence-corrected chi connectivity index (χ3v) is 7.17. The minimum atomic E-state index is 0.243. The first-order chi connectivity index (χ1) is 14.6. The van der Waals surface area contributed by atoms with E-state index in [4.69, 9.17) is 0 Å². The van der Waals surface area contributed by atoms with E-state index < -0.39 is 0 Å². The maximum atomic E-state index is 12.8. The summed E-state index contributed by atoms with van der Waals surface area (Å²) in [5.41, 5.74) is 1.46. The molecule has 0 atom stereocenters. The van der Waals surface area contributed by atoms with Gasteiger partial charge in [-0.05, 0) is 75.2 Å². The van der Waals surface area contributed by atoms with Crippen LogP contribution in [0.15, 0.2) is 30.3 Å². The molecule has 3 nitrogen and oxygen atoms in total. The van der Waals surface area contributed by atoms with Crippen molar-refractivity contribution in [1.82, 2.24) is 4.90 Å². The van der Waals surface area contributed by atoms with Crippen LogP contribution in [0.4, 0.5) is 0 Å². The number of ketones is 1. The summed E-state index contributed by atoms with van der Waals surface area (Å²) in [6, 6.07) is 11.2. The normalized spacial score (nSPS) is 26.3. The molecule has 168 valence electrons. The molecule has 0 saturated heterocycles. The average molecular weight is 414 g/mol. The van der Waals surface area contributed by atoms with Gasteiger partial charge in [0, 0.05) is 31.8 Å². The molecular formula is C27H43NO2. The topological polar surface area (TPSA) is 37.4 Å². The van der Waals surface area contributed by atoms with Gasteiger partial charge in [-0.25, -0.2) is 0 Å². The Kier molecular flexibility index (Phi) is 10.6. The van der Waals surface area contributed by atoms with Crippen LogP contribution in [-0.2, 0) is 9.59 Å². The second kappa shape index (κ2) is 12.9. The van der Waals surface area contributed by atoms with Crippen molar-refractivity contribution in [3.63, 3.8) is 0 Å². The van der Waals surface area contributed by atoms with Crippen LogP contribution in [0, 0.1) is 11.8 Å². The first-order valence-electron chi connectivity index (χ1n) is 12.4. The SMILES string of the molecule is CC.CCCC(=O)C1CCC(N(C)C(=O)CC2CCC(c3ccccc3)CC2)CC1. The largest absolute Gasteiger partial charge is 0.343 e. The van der Waals surface area contributed by atoms with E-state index in [0.29, 0.717) is 36.0 Å². The predicted molar refractivity (Wildman–Crippen MR) is 126 cm³/mol. The van der Waals surface area contributed by atoms with Crippen molar-refractivity contribution in [2.24, 2.45) is 11.8 Å². The number of nitrogens with zero attached hydrogens (tertiary/aromatic N) is 1. The fourth-order valence-corrected chi connectivity index (χ4v) is 5.26. The van der Waals surface area contributed by atoms with Gasteiger partial charge in [0.25, 0.3) is 0 Å². The molecule has 1 aromatic carbocycles. The number of amides is 1. The van der Waals surface area contributed by atoms with Gasteiger partial charge >= 0.3 is 0 Å². The van der Waals surface area contributed by atoms with Gasteiger partial charge < -0.3 is 4.90 Å². The average Bonchev–Trinajstić information content (AvgIpc) is 2.81. The predicted octanol–water partition coefficient (Wildman–Crippen LogP) is 6.76. The summed E-state index contributed by atoms with van der Waals surface area (Å²) in [6.07, 6.45) is 11.0. The minimum absolute atomic E-state index is 0.243. The Morgan fingerprint density at radius 3 is 2.07 bits per heavy atom. The Morgan fingerprint density at radius 1 is 0.900 bits per heavy atom. The van der Waals surface area contributed by atoms with E-state index in [-0.39, 0.29) is 5.92 Å². The zero-order valence-electron chi connectivity index (χ0n) is 19.7. The molecule has 0 aliphatic heterocycles. The van der Waals surface area contributed by atoms with E-state index in [1.165, 1.54) is 18.4 Å². The van der Waals surface area contributed by atoms with E-state index in [1.807, 2.05) is 25.8 Å². The van der Waals surface area contributed by atoms with Crippen LogP contribution >= 0.6 is 0 Å². The quantitative estimate of drug-likeness (QED) is 0.495. The van der Waals surface area contributed by atoms with Crippen LogP contribution in [0.25, 0.3) is 0 Å². The molecule has 1 amide bonds. The van der Waals surface area contributed by atoms with Gasteiger partial charge in [0.15, 0.2) is 0 Å². The van der Waals surface area contributed by atoms with Crippen LogP contribution < -0.4 is 0 Å². The number of carbonyl (C=O) groups is 2. The molecule has 3 rings (SSSR count). The number of Topliss-reactive ketones (excluding diaryl/α,β-unsaturated/α-hetero) is 1. The van der Waals surface area contributed by atoms with Crippen molar-refractivity contribution in [3.05, 3.63) is 35.9 Å². The van der Waals surface area contributed by atoms with Gasteiger partial charge in [-0.2, -0.15) is 0 Å². The molecule has 0 N–H and O–H groups in total.